The first-order chi connectivity index (χ1) is 60.4. The number of aliphatic hydroxyl groups excluding tert-OH is 1. The molecule has 698 valence electrons. The Labute approximate surface area is 725 Å². The second kappa shape index (κ2) is 51.0. The number of methoxy groups -OCH3 is 17. The summed E-state index contributed by atoms with van der Waals surface area (Å²) in [6.45, 7) is 5.18. The molecule has 3 aromatic carbocycles. The largest absolute Gasteiger partial charge is 0.494 e. The zero-order valence-electron chi connectivity index (χ0n) is 74.3. The molecule has 38 heteroatoms. The molecule has 38 nitrogen and oxygen atoms in total. The van der Waals surface area contributed by atoms with Gasteiger partial charge in [-0.15, -0.1) is 0 Å². The van der Waals surface area contributed by atoms with Crippen LogP contribution in [-0.4, -0.2) is 402 Å². The maximum absolute atomic E-state index is 13.0. The molecule has 0 aliphatic carbocycles. The molecule has 22 aliphatic rings. The maximum atomic E-state index is 13.0. The van der Waals surface area contributed by atoms with E-state index in [4.69, 9.17) is 166 Å². The minimum absolute atomic E-state index is 0.0369. The summed E-state index contributed by atoms with van der Waals surface area (Å²) in [6.07, 6.45) is -32.2. The quantitative estimate of drug-likeness (QED) is 0.0609. The van der Waals surface area contributed by atoms with Crippen LogP contribution in [-0.2, 0) is 152 Å². The van der Waals surface area contributed by atoms with E-state index in [0.29, 0.717) is 55.4 Å². The van der Waals surface area contributed by atoms with Gasteiger partial charge in [-0.3, -0.25) is 4.79 Å². The standard InChI is InChI=1S/C86H128N2O36/c1-47-37-52(38-48(2)62(47)111-36-35-109-34-33-108-32-30-89)88-61(90)21-20-31-110-53-27-24-49(25-28-53)22-23-50-26-29-54(51(39-50)40-87)112-46-60-68-74(101-13)80(107-19)86(118-60)123-67-59(45-95-7)116-84(78(105-17)73(67)100-12)121-65-57(43-93-5)114-82(76(103-15)71(65)98-10)119-63-55(41-91-3)113-81(75(102-14)69(63)96-8)120-64-56(42-92-4)115-83(77(104-16)70(64)97-9)122-66-58(44-94-6)117-85(124-68)79(106-18)72(66)99-11/h24-29,37-39,55-60,63-86,89H,20-21,30-36,41-46H2,1-19H3,(H,88,90)/t55-,56-,57-,58-,59-,60-,63+,64+,65+,66+,67+,68+,69-,70-,71-,72-,73-,74-,75-,76-,77-,78-,79-,80-,81-,82-,83-,84-,85-,86-/m1/s1. The highest BCUT2D eigenvalue weighted by atomic mass is 16.8. The lowest BCUT2D eigenvalue weighted by molar-refractivity contribution is -0.409. The van der Waals surface area contributed by atoms with Crippen molar-refractivity contribution in [2.45, 2.75) is 211 Å². The van der Waals surface area contributed by atoms with Gasteiger partial charge in [0.05, 0.1) is 78.2 Å². The minimum atomic E-state index is -1.38. The van der Waals surface area contributed by atoms with Gasteiger partial charge in [0, 0.05) is 144 Å². The number of hydrogen-bond donors (Lipinski definition) is 2. The summed E-state index contributed by atoms with van der Waals surface area (Å²) in [7, 11) is 25.4. The number of carbonyl (C=O) groups is 1. The van der Waals surface area contributed by atoms with Crippen LogP contribution in [0, 0.1) is 37.0 Å². The van der Waals surface area contributed by atoms with E-state index in [1.165, 1.54) is 121 Å². The van der Waals surface area contributed by atoms with Gasteiger partial charge >= 0.3 is 0 Å². The SMILES string of the molecule is COC[C@H]1O[C@@H]2O[C@@H]3[C@@H](OC)[C@@H](OC)[C@@H](O[C@@H]4[C@@H](OC)[C@@H](OC)[C@@H](O[C@@H]5[C@@H](OC)[C@@H](OC)[C@@H](O[C@@H]6[C@@H](OC)[C@@H](OC)[C@@H](O[C@@H]7[C@@H](OC)[C@@H](OC)[C@@H](O[C@@H]1[C@@H](OC)[C@H]2OC)O[C@@H]7COC)O[C@@H]6COC)O[C@@H]5COc1ccc(C#Cc2ccc(OCCCC(=O)Nc5cc(C)c(OCCOCCOCCO)c(C)c5)cc2)cc1C#N)O[C@@H]4COC)O[C@@H]3COC. The van der Waals surface area contributed by atoms with Crippen LogP contribution in [0.25, 0.3) is 0 Å². The van der Waals surface area contributed by atoms with Crippen LogP contribution < -0.4 is 19.5 Å². The molecule has 25 rings (SSSR count). The van der Waals surface area contributed by atoms with Crippen molar-refractivity contribution in [3.63, 3.8) is 0 Å². The molecule has 124 heavy (non-hydrogen) atoms. The van der Waals surface area contributed by atoms with Gasteiger partial charge in [0.2, 0.25) is 5.91 Å². The predicted octanol–water partition coefficient (Wildman–Crippen LogP) is 3.24. The number of benzene rings is 3. The molecule has 30 atom stereocenters. The lowest BCUT2D eigenvalue weighted by atomic mass is 9.94. The fourth-order valence-electron chi connectivity index (χ4n) is 16.8. The van der Waals surface area contributed by atoms with Gasteiger partial charge in [-0.05, 0) is 86.0 Å². The molecule has 0 aromatic heterocycles. The summed E-state index contributed by atoms with van der Waals surface area (Å²) in [5.74, 6) is 7.68. The molecule has 3 aromatic rings. The first kappa shape index (κ1) is 100. The predicted molar refractivity (Wildman–Crippen MR) is 433 cm³/mol. The van der Waals surface area contributed by atoms with Crippen LogP contribution in [0.2, 0.25) is 0 Å². The Balaban J connectivity index is 0.930. The number of nitriles is 1. The van der Waals surface area contributed by atoms with Crippen molar-refractivity contribution in [2.24, 2.45) is 0 Å². The smallest absolute Gasteiger partial charge is 0.224 e. The number of carbonyl (C=O) groups excluding carboxylic acids is 1. The van der Waals surface area contributed by atoms with Crippen molar-refractivity contribution in [1.82, 2.24) is 0 Å². The fourth-order valence-corrected chi connectivity index (χ4v) is 16.8. The molecule has 22 aliphatic heterocycles. The summed E-state index contributed by atoms with van der Waals surface area (Å²) in [5.41, 5.74) is 3.72. The molecule has 22 heterocycles. The average molecular weight is 1770 g/mol. The Morgan fingerprint density at radius 2 is 0.677 bits per heavy atom. The Kier molecular flexibility index (Phi) is 41.3. The summed E-state index contributed by atoms with van der Waals surface area (Å²) < 4.78 is 219. The highest BCUT2D eigenvalue weighted by Gasteiger charge is 2.62. The van der Waals surface area contributed by atoms with Gasteiger partial charge in [-0.25, -0.2) is 0 Å². The first-order valence-corrected chi connectivity index (χ1v) is 41.3. The summed E-state index contributed by atoms with van der Waals surface area (Å²) >= 11 is 0. The molecule has 22 fully saturated rings. The molecular weight excluding hydrogens is 1640 g/mol. The molecule has 12 bridgehead atoms. The Bertz CT molecular complexity index is 3690. The normalized spacial score (nSPS) is 34.6. The monoisotopic (exact) mass is 1760 g/mol. The highest BCUT2D eigenvalue weighted by Crippen LogP contribution is 2.43. The number of ether oxygens (including phenoxy) is 34. The van der Waals surface area contributed by atoms with E-state index < -0.39 is 184 Å². The Morgan fingerprint density at radius 1 is 0.363 bits per heavy atom. The van der Waals surface area contributed by atoms with Crippen LogP contribution in [0.15, 0.2) is 54.6 Å². The van der Waals surface area contributed by atoms with Gasteiger partial charge in [0.25, 0.3) is 0 Å². The van der Waals surface area contributed by atoms with Crippen LogP contribution in [0.1, 0.15) is 40.7 Å². The van der Waals surface area contributed by atoms with Crippen molar-refractivity contribution in [1.29, 1.82) is 5.26 Å². The number of nitrogens with one attached hydrogen (secondary N) is 1. The Hall–Kier alpha value is -5.70. The van der Waals surface area contributed by atoms with Crippen molar-refractivity contribution >= 4 is 11.6 Å². The topological polar surface area (TPSA) is 387 Å². The molecule has 0 unspecified atom stereocenters. The summed E-state index contributed by atoms with van der Waals surface area (Å²) in [4.78, 5) is 13.0. The third-order valence-electron chi connectivity index (χ3n) is 22.6. The molecule has 0 radical (unpaired) electrons. The average Bonchev–Trinajstić information content (AvgIpc) is 0.756. The number of nitrogens with zero attached hydrogens (tertiary/aromatic N) is 1. The van der Waals surface area contributed by atoms with Gasteiger partial charge < -0.3 is 171 Å². The van der Waals surface area contributed by atoms with E-state index in [2.05, 4.69) is 23.2 Å². The third kappa shape index (κ3) is 24.9. The van der Waals surface area contributed by atoms with Gasteiger partial charge in [0.1, 0.15) is 183 Å². The zero-order valence-corrected chi connectivity index (χ0v) is 74.3. The summed E-state index contributed by atoms with van der Waals surface area (Å²) in [5, 5.41) is 22.7. The second-order valence-electron chi connectivity index (χ2n) is 30.2. The molecular formula is C86H128N2O36. The van der Waals surface area contributed by atoms with Crippen LogP contribution >= 0.6 is 0 Å². The molecule has 0 saturated carbocycles. The molecule has 0 spiro atoms. The van der Waals surface area contributed by atoms with Gasteiger partial charge in [-0.2, -0.15) is 5.26 Å². The first-order valence-electron chi connectivity index (χ1n) is 41.3. The van der Waals surface area contributed by atoms with E-state index in [9.17, 15) is 10.1 Å². The maximum Gasteiger partial charge on any atom is 0.224 e. The van der Waals surface area contributed by atoms with Gasteiger partial charge in [0.15, 0.2) is 37.7 Å². The van der Waals surface area contributed by atoms with Crippen LogP contribution in [0.4, 0.5) is 5.69 Å². The third-order valence-corrected chi connectivity index (χ3v) is 22.6. The fraction of sp³-hybridized carbons (Fsp3) is 0.744. The number of hydrogen-bond acceptors (Lipinski definition) is 37. The summed E-state index contributed by atoms with van der Waals surface area (Å²) in [6, 6.07) is 18.2. The Morgan fingerprint density at radius 3 is 1.00 bits per heavy atom. The second-order valence-corrected chi connectivity index (χ2v) is 30.2. The van der Waals surface area contributed by atoms with E-state index >= 15 is 0 Å². The van der Waals surface area contributed by atoms with Crippen molar-refractivity contribution in [3.05, 3.63) is 82.4 Å². The van der Waals surface area contributed by atoms with Crippen LogP contribution in [0.5, 0.6) is 17.2 Å². The number of rotatable bonds is 40. The minimum Gasteiger partial charge on any atom is -0.494 e. The highest BCUT2D eigenvalue weighted by molar-refractivity contribution is 5.91. The number of anilines is 1. The van der Waals surface area contributed by atoms with Crippen molar-refractivity contribution in [3.8, 4) is 35.2 Å². The number of aliphatic hydroxyl groups is 1. The van der Waals surface area contributed by atoms with Crippen LogP contribution in [0.3, 0.4) is 0 Å². The molecule has 1 amide bonds. The lowest BCUT2D eigenvalue weighted by Gasteiger charge is -2.53. The zero-order chi connectivity index (χ0) is 88.9. The number of amides is 1. The lowest BCUT2D eigenvalue weighted by Crippen LogP contribution is -2.70. The van der Waals surface area contributed by atoms with E-state index in [1.807, 2.05) is 38.1 Å². The van der Waals surface area contributed by atoms with E-state index in [0.717, 1.165) is 16.9 Å². The van der Waals surface area contributed by atoms with E-state index in [1.54, 1.807) is 30.3 Å². The van der Waals surface area contributed by atoms with E-state index in [-0.39, 0.29) is 83.1 Å². The molecule has 2 N–H and O–H groups in total. The van der Waals surface area contributed by atoms with Crippen molar-refractivity contribution in [2.75, 3.05) is 212 Å². The molecule has 22 saturated heterocycles. The number of aryl methyl sites for hydroxylation is 2. The van der Waals surface area contributed by atoms with Gasteiger partial charge in [-0.1, -0.05) is 11.8 Å². The van der Waals surface area contributed by atoms with Crippen molar-refractivity contribution < 1.29 is 171 Å².